The summed E-state index contributed by atoms with van der Waals surface area (Å²) in [6.45, 7) is 2.75. The lowest BCUT2D eigenvalue weighted by atomic mass is 10.1. The second-order valence-electron chi connectivity index (χ2n) is 4.29. The number of nitrogens with two attached hydrogens (primary N) is 1. The van der Waals surface area contributed by atoms with Crippen LogP contribution in [0.15, 0.2) is 30.5 Å². The Hall–Kier alpha value is -1.39. The Labute approximate surface area is 112 Å². The van der Waals surface area contributed by atoms with Crippen LogP contribution in [0, 0.1) is 0 Å². The van der Waals surface area contributed by atoms with Crippen molar-refractivity contribution in [2.24, 2.45) is 5.73 Å². The minimum absolute atomic E-state index is 0.556. The van der Waals surface area contributed by atoms with Gasteiger partial charge < -0.3 is 10.6 Å². The average Bonchev–Trinajstić information content (AvgIpc) is 2.88. The molecule has 96 valence electrons. The molecule has 0 unspecified atom stereocenters. The third-order valence-corrected chi connectivity index (χ3v) is 3.99. The molecule has 0 spiro atoms. The Morgan fingerprint density at radius 2 is 2.00 bits per heavy atom. The van der Waals surface area contributed by atoms with Crippen molar-refractivity contribution in [2.75, 3.05) is 11.9 Å². The average molecular weight is 261 g/mol. The van der Waals surface area contributed by atoms with E-state index in [1.165, 1.54) is 12.0 Å². The minimum atomic E-state index is 0.556. The number of rotatable bonds is 5. The lowest BCUT2D eigenvalue weighted by molar-refractivity contribution is 0.921. The fourth-order valence-electron chi connectivity index (χ4n) is 1.83. The standard InChI is InChI=1S/C14H19N3S/c1-3-4-11-5-7-12(8-6-11)17(2)14-16-10-13(9-15)18-14/h5-8,10H,3-4,9,15H2,1-2H3. The van der Waals surface area contributed by atoms with Crippen LogP contribution in [0.4, 0.5) is 10.8 Å². The Morgan fingerprint density at radius 3 is 2.56 bits per heavy atom. The maximum absolute atomic E-state index is 5.61. The van der Waals surface area contributed by atoms with E-state index in [4.69, 9.17) is 5.73 Å². The van der Waals surface area contributed by atoms with E-state index >= 15 is 0 Å². The number of hydrogen-bond donors (Lipinski definition) is 1. The van der Waals surface area contributed by atoms with Crippen LogP contribution in [0.2, 0.25) is 0 Å². The van der Waals surface area contributed by atoms with Crippen molar-refractivity contribution in [2.45, 2.75) is 26.3 Å². The first kappa shape index (κ1) is 13.1. The minimum Gasteiger partial charge on any atom is -0.326 e. The first-order valence-electron chi connectivity index (χ1n) is 6.22. The monoisotopic (exact) mass is 261 g/mol. The second kappa shape index (κ2) is 5.98. The van der Waals surface area contributed by atoms with Crippen molar-refractivity contribution in [1.82, 2.24) is 4.98 Å². The van der Waals surface area contributed by atoms with Gasteiger partial charge in [0.1, 0.15) is 0 Å². The molecule has 0 bridgehead atoms. The molecule has 1 heterocycles. The number of aromatic nitrogens is 1. The zero-order valence-corrected chi connectivity index (χ0v) is 11.7. The molecule has 4 heteroatoms. The molecule has 0 atom stereocenters. The van der Waals surface area contributed by atoms with Crippen molar-refractivity contribution in [3.05, 3.63) is 40.9 Å². The molecule has 2 aromatic rings. The van der Waals surface area contributed by atoms with Crippen LogP contribution < -0.4 is 10.6 Å². The first-order valence-corrected chi connectivity index (χ1v) is 7.03. The van der Waals surface area contributed by atoms with Crippen LogP contribution >= 0.6 is 11.3 Å². The van der Waals surface area contributed by atoms with Gasteiger partial charge in [-0.05, 0) is 24.1 Å². The van der Waals surface area contributed by atoms with Crippen molar-refractivity contribution >= 4 is 22.2 Å². The Balaban J connectivity index is 2.14. The smallest absolute Gasteiger partial charge is 0.189 e. The number of benzene rings is 1. The number of aryl methyl sites for hydroxylation is 1. The van der Waals surface area contributed by atoms with E-state index in [0.717, 1.165) is 22.1 Å². The highest BCUT2D eigenvalue weighted by atomic mass is 32.1. The Bertz CT molecular complexity index is 490. The quantitative estimate of drug-likeness (QED) is 0.897. The van der Waals surface area contributed by atoms with Gasteiger partial charge in [0.2, 0.25) is 0 Å². The molecule has 2 rings (SSSR count). The molecular weight excluding hydrogens is 242 g/mol. The summed E-state index contributed by atoms with van der Waals surface area (Å²) in [5.74, 6) is 0. The van der Waals surface area contributed by atoms with Crippen LogP contribution in [0.5, 0.6) is 0 Å². The summed E-state index contributed by atoms with van der Waals surface area (Å²) < 4.78 is 0. The van der Waals surface area contributed by atoms with E-state index in [9.17, 15) is 0 Å². The number of anilines is 2. The van der Waals surface area contributed by atoms with Gasteiger partial charge in [-0.2, -0.15) is 0 Å². The van der Waals surface area contributed by atoms with E-state index in [1.807, 2.05) is 13.2 Å². The highest BCUT2D eigenvalue weighted by Gasteiger charge is 2.08. The summed E-state index contributed by atoms with van der Waals surface area (Å²) in [6.07, 6.45) is 4.17. The molecule has 3 nitrogen and oxygen atoms in total. The highest BCUT2D eigenvalue weighted by Crippen LogP contribution is 2.28. The fraction of sp³-hybridized carbons (Fsp3) is 0.357. The van der Waals surface area contributed by atoms with Crippen LogP contribution in [0.1, 0.15) is 23.8 Å². The summed E-state index contributed by atoms with van der Waals surface area (Å²) in [5.41, 5.74) is 8.15. The molecule has 0 saturated heterocycles. The zero-order chi connectivity index (χ0) is 13.0. The second-order valence-corrected chi connectivity index (χ2v) is 5.38. The number of hydrogen-bond acceptors (Lipinski definition) is 4. The summed E-state index contributed by atoms with van der Waals surface area (Å²) in [4.78, 5) is 7.59. The molecule has 1 aromatic carbocycles. The van der Waals surface area contributed by atoms with Crippen molar-refractivity contribution in [3.63, 3.8) is 0 Å². The Kier molecular flexibility index (Phi) is 4.33. The summed E-state index contributed by atoms with van der Waals surface area (Å²) in [5, 5.41) is 0.985. The molecule has 2 N–H and O–H groups in total. The normalized spacial score (nSPS) is 10.6. The van der Waals surface area contributed by atoms with Crippen molar-refractivity contribution < 1.29 is 0 Å². The molecule has 0 aliphatic rings. The van der Waals surface area contributed by atoms with Gasteiger partial charge in [-0.1, -0.05) is 25.5 Å². The van der Waals surface area contributed by atoms with Gasteiger partial charge in [-0.25, -0.2) is 4.98 Å². The van der Waals surface area contributed by atoms with Crippen molar-refractivity contribution in [1.29, 1.82) is 0 Å². The molecule has 1 aromatic heterocycles. The third-order valence-electron chi connectivity index (χ3n) is 2.89. The van der Waals surface area contributed by atoms with E-state index in [0.29, 0.717) is 6.54 Å². The first-order chi connectivity index (χ1) is 8.74. The van der Waals surface area contributed by atoms with E-state index < -0.39 is 0 Å². The third kappa shape index (κ3) is 2.89. The molecule has 0 saturated carbocycles. The lowest BCUT2D eigenvalue weighted by Gasteiger charge is -2.16. The van der Waals surface area contributed by atoms with Gasteiger partial charge in [-0.3, -0.25) is 0 Å². The number of nitrogens with zero attached hydrogens (tertiary/aromatic N) is 2. The topological polar surface area (TPSA) is 42.2 Å². The van der Waals surface area contributed by atoms with E-state index in [-0.39, 0.29) is 0 Å². The Morgan fingerprint density at radius 1 is 1.28 bits per heavy atom. The molecule has 0 amide bonds. The molecule has 0 aliphatic heterocycles. The van der Waals surface area contributed by atoms with Gasteiger partial charge in [0.15, 0.2) is 5.13 Å². The maximum atomic E-state index is 5.61. The van der Waals surface area contributed by atoms with Crippen LogP contribution in [0.25, 0.3) is 0 Å². The lowest BCUT2D eigenvalue weighted by Crippen LogP contribution is -2.08. The highest BCUT2D eigenvalue weighted by molar-refractivity contribution is 7.15. The zero-order valence-electron chi connectivity index (χ0n) is 10.9. The van der Waals surface area contributed by atoms with Gasteiger partial charge in [0.25, 0.3) is 0 Å². The van der Waals surface area contributed by atoms with Gasteiger partial charge in [0.05, 0.1) is 0 Å². The summed E-state index contributed by atoms with van der Waals surface area (Å²) in [6, 6.07) is 8.67. The fourth-order valence-corrected chi connectivity index (χ4v) is 2.60. The molecule has 18 heavy (non-hydrogen) atoms. The van der Waals surface area contributed by atoms with E-state index in [1.54, 1.807) is 11.3 Å². The van der Waals surface area contributed by atoms with Crippen LogP contribution in [-0.2, 0) is 13.0 Å². The molecule has 0 aliphatic carbocycles. The van der Waals surface area contributed by atoms with Crippen molar-refractivity contribution in [3.8, 4) is 0 Å². The van der Waals surface area contributed by atoms with Crippen LogP contribution in [-0.4, -0.2) is 12.0 Å². The summed E-state index contributed by atoms with van der Waals surface area (Å²) >= 11 is 1.64. The molecule has 0 radical (unpaired) electrons. The largest absolute Gasteiger partial charge is 0.326 e. The van der Waals surface area contributed by atoms with Gasteiger partial charge in [0, 0.05) is 30.4 Å². The van der Waals surface area contributed by atoms with Gasteiger partial charge >= 0.3 is 0 Å². The number of thiazole rings is 1. The van der Waals surface area contributed by atoms with E-state index in [2.05, 4.69) is 41.1 Å². The molecule has 0 fully saturated rings. The predicted octanol–water partition coefficient (Wildman–Crippen LogP) is 3.32. The summed E-state index contributed by atoms with van der Waals surface area (Å²) in [7, 11) is 2.04. The SMILES string of the molecule is CCCc1ccc(N(C)c2ncc(CN)s2)cc1. The van der Waals surface area contributed by atoms with Gasteiger partial charge in [-0.15, -0.1) is 11.3 Å². The molecular formula is C14H19N3S. The predicted molar refractivity (Wildman–Crippen MR) is 78.5 cm³/mol. The maximum Gasteiger partial charge on any atom is 0.189 e. The van der Waals surface area contributed by atoms with Crippen LogP contribution in [0.3, 0.4) is 0 Å².